The number of likely N-dealkylation sites (N-methyl/N-ethyl adjacent to an activating group) is 2. The van der Waals surface area contributed by atoms with Crippen molar-refractivity contribution in [3.8, 4) is 0 Å². The van der Waals surface area contributed by atoms with Gasteiger partial charge >= 0.3 is 0 Å². The van der Waals surface area contributed by atoms with Gasteiger partial charge in [0, 0.05) is 0 Å². The Hall–Kier alpha value is -1.68. The standard InChI is InChI=1S/C6H17N2.2NO3/c1-7-5-6-8(2,3)4;2*2-1(3)4/h7H,5-6H2,1-4H3;;/q+1;2*-1/p+1. The van der Waals surface area contributed by atoms with E-state index in [0.717, 1.165) is 4.48 Å². The van der Waals surface area contributed by atoms with Crippen LogP contribution in [0, 0.1) is 30.6 Å². The van der Waals surface area contributed by atoms with Gasteiger partial charge in [-0.2, -0.15) is 0 Å². The van der Waals surface area contributed by atoms with Crippen molar-refractivity contribution in [1.82, 2.24) is 0 Å². The summed E-state index contributed by atoms with van der Waals surface area (Å²) < 4.78 is 1.07. The zero-order valence-electron chi connectivity index (χ0n) is 9.78. The van der Waals surface area contributed by atoms with Gasteiger partial charge in [0.05, 0.1) is 38.4 Å². The van der Waals surface area contributed by atoms with Crippen molar-refractivity contribution in [2.24, 2.45) is 0 Å². The maximum atomic E-state index is 8.25. The van der Waals surface area contributed by atoms with Gasteiger partial charge in [0.1, 0.15) is 13.1 Å². The molecule has 2 N–H and O–H groups in total. The van der Waals surface area contributed by atoms with Gasteiger partial charge in [0.25, 0.3) is 0 Å². The maximum Gasteiger partial charge on any atom is 0.128 e. The molecule has 0 rings (SSSR count). The molecule has 0 aliphatic rings. The Balaban J connectivity index is -0.000000179. The van der Waals surface area contributed by atoms with E-state index in [1.807, 2.05) is 0 Å². The minimum Gasteiger partial charge on any atom is -0.356 e. The summed E-state index contributed by atoms with van der Waals surface area (Å²) in [6.45, 7) is 2.47. The van der Waals surface area contributed by atoms with Crippen LogP contribution in [-0.4, -0.2) is 55.9 Å². The first-order chi connectivity index (χ1) is 7.02. The van der Waals surface area contributed by atoms with Crippen LogP contribution in [0.1, 0.15) is 0 Å². The summed E-state index contributed by atoms with van der Waals surface area (Å²) in [5.41, 5.74) is 0. The average molecular weight is 242 g/mol. The third-order valence-corrected chi connectivity index (χ3v) is 1.09. The van der Waals surface area contributed by atoms with Crippen molar-refractivity contribution in [2.75, 3.05) is 41.3 Å². The molecule has 0 saturated heterocycles. The minimum atomic E-state index is -1.75. The highest BCUT2D eigenvalue weighted by Gasteiger charge is 2.04. The van der Waals surface area contributed by atoms with Gasteiger partial charge < -0.3 is 40.4 Å². The quantitative estimate of drug-likeness (QED) is 0.358. The van der Waals surface area contributed by atoms with Crippen LogP contribution in [0.3, 0.4) is 0 Å². The van der Waals surface area contributed by atoms with Crippen molar-refractivity contribution in [3.05, 3.63) is 30.6 Å². The summed E-state index contributed by atoms with van der Waals surface area (Å²) in [5.74, 6) is 0. The fraction of sp³-hybridized carbons (Fsp3) is 1.00. The topological polar surface area (TPSA) is 149 Å². The summed E-state index contributed by atoms with van der Waals surface area (Å²) in [6.07, 6.45) is 0. The van der Waals surface area contributed by atoms with Gasteiger partial charge in [-0.1, -0.05) is 0 Å². The largest absolute Gasteiger partial charge is 0.356 e. The normalized spacial score (nSPS) is 9.00. The van der Waals surface area contributed by atoms with E-state index in [9.17, 15) is 0 Å². The van der Waals surface area contributed by atoms with Crippen LogP contribution in [0.5, 0.6) is 0 Å². The molecule has 0 aliphatic heterocycles. The third-order valence-electron chi connectivity index (χ3n) is 1.09. The summed E-state index contributed by atoms with van der Waals surface area (Å²) in [6, 6.07) is 0. The highest BCUT2D eigenvalue weighted by Crippen LogP contribution is 1.83. The molecule has 10 nitrogen and oxygen atoms in total. The molecular formula is C6H18N4O6. The molecule has 0 aromatic heterocycles. The molecule has 0 aromatic carbocycles. The monoisotopic (exact) mass is 242 g/mol. The first-order valence-corrected chi connectivity index (χ1v) is 4.24. The van der Waals surface area contributed by atoms with Crippen molar-refractivity contribution < 1.29 is 20.0 Å². The molecule has 0 radical (unpaired) electrons. The van der Waals surface area contributed by atoms with Crippen LogP contribution in [0.2, 0.25) is 0 Å². The van der Waals surface area contributed by atoms with E-state index in [1.165, 1.54) is 13.1 Å². The zero-order chi connectivity index (χ0) is 13.8. The number of nitrogens with two attached hydrogens (primary N) is 1. The van der Waals surface area contributed by atoms with Gasteiger partial charge in [-0.05, 0) is 0 Å². The Bertz CT molecular complexity index is 172. The first kappa shape index (κ1) is 19.8. The Morgan fingerprint density at radius 3 is 1.31 bits per heavy atom. The summed E-state index contributed by atoms with van der Waals surface area (Å²) in [4.78, 5) is 16.5. The van der Waals surface area contributed by atoms with Crippen molar-refractivity contribution in [3.63, 3.8) is 0 Å². The van der Waals surface area contributed by atoms with Crippen LogP contribution in [-0.2, 0) is 0 Å². The van der Waals surface area contributed by atoms with E-state index >= 15 is 0 Å². The highest BCUT2D eigenvalue weighted by molar-refractivity contribution is 4.18. The van der Waals surface area contributed by atoms with Gasteiger partial charge in [-0.3, -0.25) is 0 Å². The molecule has 0 amide bonds. The number of rotatable bonds is 3. The fourth-order valence-electron chi connectivity index (χ4n) is 0.516. The molecule has 0 saturated carbocycles. The van der Waals surface area contributed by atoms with E-state index in [4.69, 9.17) is 30.6 Å². The molecule has 16 heavy (non-hydrogen) atoms. The molecule has 98 valence electrons. The lowest BCUT2D eigenvalue weighted by molar-refractivity contribution is -0.883. The second kappa shape index (κ2) is 11.4. The van der Waals surface area contributed by atoms with Crippen molar-refractivity contribution in [2.45, 2.75) is 0 Å². The second-order valence-electron chi connectivity index (χ2n) is 3.66. The van der Waals surface area contributed by atoms with Gasteiger partial charge in [-0.25, -0.2) is 0 Å². The number of quaternary nitrogens is 2. The second-order valence-corrected chi connectivity index (χ2v) is 3.66. The van der Waals surface area contributed by atoms with E-state index in [-0.39, 0.29) is 0 Å². The van der Waals surface area contributed by atoms with E-state index in [0.29, 0.717) is 0 Å². The fourth-order valence-corrected chi connectivity index (χ4v) is 0.516. The molecule has 0 bridgehead atoms. The Labute approximate surface area is 92.9 Å². The molecular weight excluding hydrogens is 224 g/mol. The molecule has 10 heteroatoms. The molecule has 0 atom stereocenters. The maximum absolute atomic E-state index is 8.25. The van der Waals surface area contributed by atoms with E-state index in [2.05, 4.69) is 33.5 Å². The Kier molecular flexibility index (Phi) is 14.1. The predicted octanol–water partition coefficient (Wildman–Crippen LogP) is -1.59. The minimum absolute atomic E-state index is 1.07. The van der Waals surface area contributed by atoms with Crippen LogP contribution >= 0.6 is 0 Å². The van der Waals surface area contributed by atoms with Gasteiger partial charge in [0.15, 0.2) is 0 Å². The first-order valence-electron chi connectivity index (χ1n) is 4.24. The van der Waals surface area contributed by atoms with Crippen LogP contribution < -0.4 is 5.32 Å². The lowest BCUT2D eigenvalue weighted by atomic mass is 10.5. The molecule has 0 unspecified atom stereocenters. The van der Waals surface area contributed by atoms with Gasteiger partial charge in [-0.15, -0.1) is 0 Å². The smallest absolute Gasteiger partial charge is 0.128 e. The van der Waals surface area contributed by atoms with Crippen molar-refractivity contribution in [1.29, 1.82) is 0 Å². The number of hydrogen-bond acceptors (Lipinski definition) is 6. The summed E-state index contributed by atoms with van der Waals surface area (Å²) in [7, 11) is 8.74. The molecule has 0 heterocycles. The van der Waals surface area contributed by atoms with Crippen LogP contribution in [0.25, 0.3) is 0 Å². The van der Waals surface area contributed by atoms with E-state index < -0.39 is 10.2 Å². The van der Waals surface area contributed by atoms with Crippen LogP contribution in [0.15, 0.2) is 0 Å². The SMILES string of the molecule is C[NH2+]CC[N+](C)(C)C.O=[N+]([O-])[O-].O=[N+]([O-])[O-]. The lowest BCUT2D eigenvalue weighted by Crippen LogP contribution is -2.81. The Morgan fingerprint density at radius 1 is 1.00 bits per heavy atom. The van der Waals surface area contributed by atoms with E-state index in [1.54, 1.807) is 0 Å². The molecule has 0 aromatic rings. The predicted molar refractivity (Wildman–Crippen MR) is 56.3 cm³/mol. The van der Waals surface area contributed by atoms with Crippen molar-refractivity contribution >= 4 is 0 Å². The average Bonchev–Trinajstić information content (AvgIpc) is 1.97. The molecule has 0 fully saturated rings. The highest BCUT2D eigenvalue weighted by atomic mass is 16.9. The molecule has 0 aliphatic carbocycles. The third kappa shape index (κ3) is 143. The van der Waals surface area contributed by atoms with Gasteiger partial charge in [0.2, 0.25) is 0 Å². The molecule has 0 spiro atoms. The lowest BCUT2D eigenvalue weighted by Gasteiger charge is -2.21. The van der Waals surface area contributed by atoms with Crippen LogP contribution in [0.4, 0.5) is 0 Å². The number of hydrogen-bond donors (Lipinski definition) is 1. The zero-order valence-corrected chi connectivity index (χ0v) is 9.78. The number of nitrogens with zero attached hydrogens (tertiary/aromatic N) is 3. The summed E-state index contributed by atoms with van der Waals surface area (Å²) in [5, 5.41) is 31.7. The summed E-state index contributed by atoms with van der Waals surface area (Å²) >= 11 is 0. The Morgan fingerprint density at radius 2 is 1.25 bits per heavy atom.